The van der Waals surface area contributed by atoms with Crippen LogP contribution in [0.25, 0.3) is 10.8 Å². The molecule has 3 atom stereocenters. The standard InChI is InChI=1S/C42H46N6O5/c1-27-23-48(28(2)26-49)40(50)22-32-21-33(44-42(52)46-36-14-8-10-30-9-4-5-11-34(30)36)19-20-38(32)53-39(27)25-47(3)24-29-15-17-31(18-16-29)41(51)45-37-13-7-6-12-35(37)43/h4-21,27-28,39,49H,22-26,43H2,1-3H3,(H,45,51)(H2,44,46,52)/t27-,28-,39+/m0/s1. The predicted octanol–water partition coefficient (Wildman–Crippen LogP) is 6.60. The Morgan fingerprint density at radius 2 is 1.64 bits per heavy atom. The summed E-state index contributed by atoms with van der Waals surface area (Å²) in [5, 5.41) is 20.7. The fourth-order valence-electron chi connectivity index (χ4n) is 6.59. The van der Waals surface area contributed by atoms with Crippen LogP contribution in [0.4, 0.5) is 27.5 Å². The number of nitrogens with two attached hydrogens (primary N) is 1. The van der Waals surface area contributed by atoms with Gasteiger partial charge in [0, 0.05) is 47.8 Å². The van der Waals surface area contributed by atoms with Crippen LogP contribution in [-0.4, -0.2) is 71.6 Å². The van der Waals surface area contributed by atoms with Gasteiger partial charge >= 0.3 is 6.03 Å². The number of hydrogen-bond acceptors (Lipinski definition) is 7. The number of carbonyl (C=O) groups is 3. The molecule has 0 fully saturated rings. The summed E-state index contributed by atoms with van der Waals surface area (Å²) >= 11 is 0. The van der Waals surface area contributed by atoms with Crippen LogP contribution in [0, 0.1) is 5.92 Å². The molecule has 274 valence electrons. The maximum Gasteiger partial charge on any atom is 0.323 e. The first-order valence-corrected chi connectivity index (χ1v) is 17.8. The van der Waals surface area contributed by atoms with Crippen LogP contribution in [0.15, 0.2) is 109 Å². The zero-order chi connectivity index (χ0) is 37.5. The number of carbonyl (C=O) groups excluding carboxylic acids is 3. The molecule has 0 aromatic heterocycles. The number of fused-ring (bicyclic) bond motifs is 2. The maximum atomic E-state index is 13.7. The van der Waals surface area contributed by atoms with E-state index in [0.29, 0.717) is 59.3 Å². The van der Waals surface area contributed by atoms with E-state index in [0.717, 1.165) is 16.3 Å². The molecule has 1 aliphatic heterocycles. The fourth-order valence-corrected chi connectivity index (χ4v) is 6.59. The average molecular weight is 715 g/mol. The maximum absolute atomic E-state index is 13.7. The highest BCUT2D eigenvalue weighted by Gasteiger charge is 2.31. The number of amides is 4. The molecule has 11 nitrogen and oxygen atoms in total. The molecule has 5 aromatic carbocycles. The third kappa shape index (κ3) is 9.12. The molecule has 0 radical (unpaired) electrons. The molecule has 1 aliphatic rings. The van der Waals surface area contributed by atoms with Gasteiger partial charge in [-0.3, -0.25) is 14.5 Å². The molecule has 53 heavy (non-hydrogen) atoms. The zero-order valence-corrected chi connectivity index (χ0v) is 30.2. The lowest BCUT2D eigenvalue weighted by Gasteiger charge is -2.34. The first kappa shape index (κ1) is 36.9. The van der Waals surface area contributed by atoms with Crippen molar-refractivity contribution in [2.75, 3.05) is 48.4 Å². The van der Waals surface area contributed by atoms with Gasteiger partial charge in [0.2, 0.25) is 5.91 Å². The molecule has 11 heteroatoms. The highest BCUT2D eigenvalue weighted by molar-refractivity contribution is 6.07. The Labute approximate surface area is 309 Å². The average Bonchev–Trinajstić information content (AvgIpc) is 3.19. The van der Waals surface area contributed by atoms with E-state index in [1.54, 1.807) is 47.4 Å². The molecular formula is C42H46N6O5. The van der Waals surface area contributed by atoms with Crippen molar-refractivity contribution in [3.8, 4) is 5.75 Å². The molecule has 5 aromatic rings. The van der Waals surface area contributed by atoms with Crippen molar-refractivity contribution in [3.05, 3.63) is 126 Å². The number of hydrogen-bond donors (Lipinski definition) is 5. The molecule has 0 bridgehead atoms. The third-order valence-electron chi connectivity index (χ3n) is 9.58. The Morgan fingerprint density at radius 1 is 0.925 bits per heavy atom. The molecule has 4 amide bonds. The van der Waals surface area contributed by atoms with Crippen molar-refractivity contribution < 1.29 is 24.2 Å². The second kappa shape index (κ2) is 16.6. The topological polar surface area (TPSA) is 149 Å². The SMILES string of the molecule is C[C@H]1CN([C@@H](C)CO)C(=O)Cc2cc(NC(=O)Nc3cccc4ccccc34)ccc2O[C@@H]1CN(C)Cc1ccc(C(=O)Nc2ccccc2N)cc1. The summed E-state index contributed by atoms with van der Waals surface area (Å²) in [7, 11) is 2.00. The lowest BCUT2D eigenvalue weighted by molar-refractivity contribution is -0.134. The lowest BCUT2D eigenvalue weighted by Crippen LogP contribution is -2.47. The van der Waals surface area contributed by atoms with Crippen LogP contribution in [0.2, 0.25) is 0 Å². The van der Waals surface area contributed by atoms with Crippen molar-refractivity contribution in [3.63, 3.8) is 0 Å². The van der Waals surface area contributed by atoms with E-state index in [9.17, 15) is 19.5 Å². The number of nitrogens with zero attached hydrogens (tertiary/aromatic N) is 2. The molecule has 0 spiro atoms. The van der Waals surface area contributed by atoms with Crippen molar-refractivity contribution in [1.29, 1.82) is 0 Å². The molecular weight excluding hydrogens is 668 g/mol. The smallest absolute Gasteiger partial charge is 0.323 e. The van der Waals surface area contributed by atoms with Gasteiger partial charge in [0.05, 0.1) is 36.1 Å². The Hall–Kier alpha value is -5.91. The number of aliphatic hydroxyl groups is 1. The third-order valence-corrected chi connectivity index (χ3v) is 9.58. The van der Waals surface area contributed by atoms with E-state index in [1.165, 1.54) is 0 Å². The van der Waals surface area contributed by atoms with Crippen LogP contribution in [0.5, 0.6) is 5.75 Å². The minimum Gasteiger partial charge on any atom is -0.488 e. The number of rotatable bonds is 10. The number of nitrogens with one attached hydrogen (secondary N) is 3. The predicted molar refractivity (Wildman–Crippen MR) is 210 cm³/mol. The second-order valence-corrected chi connectivity index (χ2v) is 13.8. The van der Waals surface area contributed by atoms with Gasteiger partial charge in [-0.1, -0.05) is 67.6 Å². The first-order valence-electron chi connectivity index (χ1n) is 17.8. The Kier molecular flexibility index (Phi) is 11.6. The minimum atomic E-state index is -0.408. The highest BCUT2D eigenvalue weighted by atomic mass is 16.5. The number of para-hydroxylation sites is 2. The van der Waals surface area contributed by atoms with Crippen molar-refractivity contribution >= 4 is 51.4 Å². The van der Waals surface area contributed by atoms with Gasteiger partial charge in [-0.25, -0.2) is 4.79 Å². The summed E-state index contributed by atoms with van der Waals surface area (Å²) in [4.78, 5) is 43.5. The zero-order valence-electron chi connectivity index (χ0n) is 30.2. The van der Waals surface area contributed by atoms with Gasteiger partial charge < -0.3 is 36.4 Å². The molecule has 6 N–H and O–H groups in total. The monoisotopic (exact) mass is 714 g/mol. The van der Waals surface area contributed by atoms with Gasteiger partial charge in [-0.2, -0.15) is 0 Å². The van der Waals surface area contributed by atoms with Crippen LogP contribution >= 0.6 is 0 Å². The number of urea groups is 1. The van der Waals surface area contributed by atoms with E-state index < -0.39 is 6.03 Å². The van der Waals surface area contributed by atoms with Gasteiger partial charge in [-0.05, 0) is 73.5 Å². The lowest BCUT2D eigenvalue weighted by atomic mass is 10.0. The quantitative estimate of drug-likeness (QED) is 0.102. The van der Waals surface area contributed by atoms with Crippen LogP contribution in [0.3, 0.4) is 0 Å². The summed E-state index contributed by atoms with van der Waals surface area (Å²) < 4.78 is 6.69. The summed E-state index contributed by atoms with van der Waals surface area (Å²) in [6.07, 6.45) is -0.264. The minimum absolute atomic E-state index is 0.0478. The second-order valence-electron chi connectivity index (χ2n) is 13.8. The van der Waals surface area contributed by atoms with E-state index in [-0.39, 0.29) is 42.9 Å². The van der Waals surface area contributed by atoms with E-state index >= 15 is 0 Å². The van der Waals surface area contributed by atoms with E-state index in [1.807, 2.05) is 87.6 Å². The number of aliphatic hydroxyl groups excluding tert-OH is 1. The summed E-state index contributed by atoms with van der Waals surface area (Å²) in [5.74, 6) is 0.113. The Morgan fingerprint density at radius 3 is 2.42 bits per heavy atom. The molecule has 0 saturated heterocycles. The molecule has 0 aliphatic carbocycles. The molecule has 0 saturated carbocycles. The van der Waals surface area contributed by atoms with E-state index in [4.69, 9.17) is 10.5 Å². The fraction of sp³-hybridized carbons (Fsp3) is 0.262. The van der Waals surface area contributed by atoms with E-state index in [2.05, 4.69) is 20.9 Å². The molecule has 1 heterocycles. The first-order chi connectivity index (χ1) is 25.6. The van der Waals surface area contributed by atoms with Crippen molar-refractivity contribution in [1.82, 2.24) is 9.80 Å². The number of likely N-dealkylation sites (N-methyl/N-ethyl adjacent to an activating group) is 1. The number of ether oxygens (including phenoxy) is 1. The Balaban J connectivity index is 1.16. The van der Waals surface area contributed by atoms with Crippen LogP contribution in [-0.2, 0) is 17.8 Å². The van der Waals surface area contributed by atoms with Gasteiger partial charge in [-0.15, -0.1) is 0 Å². The normalized spacial score (nSPS) is 16.5. The van der Waals surface area contributed by atoms with Gasteiger partial charge in [0.1, 0.15) is 11.9 Å². The summed E-state index contributed by atoms with van der Waals surface area (Å²) in [6.45, 7) is 5.26. The van der Waals surface area contributed by atoms with Crippen molar-refractivity contribution in [2.24, 2.45) is 5.92 Å². The largest absolute Gasteiger partial charge is 0.488 e. The Bertz CT molecular complexity index is 2080. The number of benzene rings is 5. The van der Waals surface area contributed by atoms with Crippen molar-refractivity contribution in [2.45, 2.75) is 39.0 Å². The summed E-state index contributed by atoms with van der Waals surface area (Å²) in [6, 6.07) is 32.7. The highest BCUT2D eigenvalue weighted by Crippen LogP contribution is 2.30. The molecule has 0 unspecified atom stereocenters. The van der Waals surface area contributed by atoms with Crippen LogP contribution in [0.1, 0.15) is 35.3 Å². The van der Waals surface area contributed by atoms with Gasteiger partial charge in [0.15, 0.2) is 0 Å². The number of anilines is 4. The summed E-state index contributed by atoms with van der Waals surface area (Å²) in [5.41, 5.74) is 10.4. The van der Waals surface area contributed by atoms with Gasteiger partial charge in [0.25, 0.3) is 5.91 Å². The number of nitrogen functional groups attached to an aromatic ring is 1. The van der Waals surface area contributed by atoms with Crippen LogP contribution < -0.4 is 26.4 Å². The molecule has 6 rings (SSSR count).